The summed E-state index contributed by atoms with van der Waals surface area (Å²) in [7, 11) is 0. The van der Waals surface area contributed by atoms with E-state index >= 15 is 0 Å². The summed E-state index contributed by atoms with van der Waals surface area (Å²) in [4.78, 5) is 10.3. The molecule has 6 nitrogen and oxygen atoms in total. The molecule has 1 aliphatic heterocycles. The number of nitriles is 1. The monoisotopic (exact) mass is 216 g/mol. The van der Waals surface area contributed by atoms with Gasteiger partial charge in [0.2, 0.25) is 5.96 Å². The third kappa shape index (κ3) is 2.68. The van der Waals surface area contributed by atoms with Gasteiger partial charge in [-0.2, -0.15) is 5.26 Å². The van der Waals surface area contributed by atoms with E-state index in [1.54, 1.807) is 6.20 Å². The van der Waals surface area contributed by atoms with Crippen LogP contribution in [0, 0.1) is 11.5 Å². The van der Waals surface area contributed by atoms with Crippen LogP contribution >= 0.6 is 0 Å². The molecule has 82 valence electrons. The summed E-state index contributed by atoms with van der Waals surface area (Å²) in [5.74, 6) is 0.532. The van der Waals surface area contributed by atoms with Gasteiger partial charge >= 0.3 is 0 Å². The molecule has 0 fully saturated rings. The number of pyridine rings is 1. The molecule has 2 N–H and O–H groups in total. The minimum absolute atomic E-state index is 0.532. The van der Waals surface area contributed by atoms with Crippen LogP contribution in [0.2, 0.25) is 0 Å². The molecule has 0 saturated heterocycles. The van der Waals surface area contributed by atoms with Crippen LogP contribution < -0.4 is 10.6 Å². The van der Waals surface area contributed by atoms with Crippen molar-refractivity contribution in [3.63, 3.8) is 0 Å². The molecule has 0 radical (unpaired) electrons. The molecule has 0 saturated carbocycles. The Morgan fingerprint density at radius 2 is 2.56 bits per heavy atom. The van der Waals surface area contributed by atoms with Crippen LogP contribution in [0.25, 0.3) is 0 Å². The minimum atomic E-state index is 0.532. The molecule has 0 spiro atoms. The predicted octanol–water partition coefficient (Wildman–Crippen LogP) is -0.172. The van der Waals surface area contributed by atoms with E-state index in [0.29, 0.717) is 19.3 Å². The standard InChI is InChI=1S/C10H12N6/c11-6-13-10-14-7-16(8-15-10)5-9-2-1-3-12-4-9/h1-4H,5,7-8H2,(H2,13,14,15). The van der Waals surface area contributed by atoms with Gasteiger partial charge in [-0.3, -0.25) is 15.2 Å². The molecule has 0 amide bonds. The maximum Gasteiger partial charge on any atom is 0.207 e. The number of hydrogen-bond acceptors (Lipinski definition) is 6. The fourth-order valence-corrected chi connectivity index (χ4v) is 1.46. The van der Waals surface area contributed by atoms with Crippen LogP contribution in [0.3, 0.4) is 0 Å². The van der Waals surface area contributed by atoms with Crippen molar-refractivity contribution in [3.05, 3.63) is 30.1 Å². The van der Waals surface area contributed by atoms with Crippen molar-refractivity contribution in [2.24, 2.45) is 4.99 Å². The Kier molecular flexibility index (Phi) is 3.31. The zero-order valence-corrected chi connectivity index (χ0v) is 8.72. The lowest BCUT2D eigenvalue weighted by atomic mass is 10.3. The van der Waals surface area contributed by atoms with Gasteiger partial charge in [-0.1, -0.05) is 6.07 Å². The van der Waals surface area contributed by atoms with Crippen molar-refractivity contribution >= 4 is 5.96 Å². The molecule has 0 atom stereocenters. The maximum atomic E-state index is 8.42. The van der Waals surface area contributed by atoms with Crippen molar-refractivity contribution in [1.82, 2.24) is 20.5 Å². The molecule has 1 aromatic heterocycles. The quantitative estimate of drug-likeness (QED) is 0.530. The van der Waals surface area contributed by atoms with Crippen molar-refractivity contribution in [2.75, 3.05) is 13.3 Å². The van der Waals surface area contributed by atoms with E-state index in [1.165, 1.54) is 0 Å². The van der Waals surface area contributed by atoms with Gasteiger partial charge in [-0.05, 0) is 11.6 Å². The Labute approximate surface area is 93.6 Å². The summed E-state index contributed by atoms with van der Waals surface area (Å²) in [6, 6.07) is 3.94. The van der Waals surface area contributed by atoms with Crippen molar-refractivity contribution in [2.45, 2.75) is 6.54 Å². The third-order valence-electron chi connectivity index (χ3n) is 2.20. The van der Waals surface area contributed by atoms with Gasteiger partial charge < -0.3 is 5.32 Å². The van der Waals surface area contributed by atoms with Gasteiger partial charge in [0.05, 0.1) is 13.3 Å². The van der Waals surface area contributed by atoms with E-state index in [4.69, 9.17) is 5.26 Å². The third-order valence-corrected chi connectivity index (χ3v) is 2.20. The highest BCUT2D eigenvalue weighted by atomic mass is 15.4. The fourth-order valence-electron chi connectivity index (χ4n) is 1.46. The van der Waals surface area contributed by atoms with E-state index < -0.39 is 0 Å². The first-order valence-corrected chi connectivity index (χ1v) is 4.93. The van der Waals surface area contributed by atoms with Crippen molar-refractivity contribution in [1.29, 1.82) is 5.26 Å². The number of aromatic nitrogens is 1. The number of nitrogens with zero attached hydrogens (tertiary/aromatic N) is 4. The molecule has 16 heavy (non-hydrogen) atoms. The Morgan fingerprint density at radius 1 is 1.62 bits per heavy atom. The second-order valence-electron chi connectivity index (χ2n) is 3.41. The minimum Gasteiger partial charge on any atom is -0.343 e. The lowest BCUT2D eigenvalue weighted by Crippen LogP contribution is -2.47. The first-order valence-electron chi connectivity index (χ1n) is 4.93. The van der Waals surface area contributed by atoms with Crippen LogP contribution in [0.4, 0.5) is 0 Å². The molecular weight excluding hydrogens is 204 g/mol. The van der Waals surface area contributed by atoms with Crippen LogP contribution in [-0.4, -0.2) is 29.2 Å². The smallest absolute Gasteiger partial charge is 0.207 e. The van der Waals surface area contributed by atoms with Gasteiger partial charge in [0, 0.05) is 18.9 Å². The van der Waals surface area contributed by atoms with Gasteiger partial charge in [-0.25, -0.2) is 4.99 Å². The van der Waals surface area contributed by atoms with E-state index in [9.17, 15) is 0 Å². The van der Waals surface area contributed by atoms with E-state index in [2.05, 4.69) is 25.5 Å². The van der Waals surface area contributed by atoms with Crippen LogP contribution in [0.5, 0.6) is 0 Å². The topological polar surface area (TPSA) is 76.3 Å². The number of rotatable bonds is 2. The van der Waals surface area contributed by atoms with E-state index in [0.717, 1.165) is 12.1 Å². The molecule has 0 aromatic carbocycles. The number of guanidine groups is 1. The summed E-state index contributed by atoms with van der Waals surface area (Å²) < 4.78 is 0. The lowest BCUT2D eigenvalue weighted by molar-refractivity contribution is 0.255. The molecule has 2 rings (SSSR count). The zero-order chi connectivity index (χ0) is 11.2. The molecule has 0 unspecified atom stereocenters. The zero-order valence-electron chi connectivity index (χ0n) is 8.72. The van der Waals surface area contributed by atoms with Crippen LogP contribution in [-0.2, 0) is 6.54 Å². The molecular formula is C10H12N6. The van der Waals surface area contributed by atoms with Gasteiger partial charge in [0.25, 0.3) is 0 Å². The van der Waals surface area contributed by atoms with Crippen molar-refractivity contribution in [3.8, 4) is 6.19 Å². The van der Waals surface area contributed by atoms with E-state index in [-0.39, 0.29) is 0 Å². The van der Waals surface area contributed by atoms with Gasteiger partial charge in [-0.15, -0.1) is 0 Å². The molecule has 1 aromatic rings. The number of hydrogen-bond donors (Lipinski definition) is 2. The lowest BCUT2D eigenvalue weighted by Gasteiger charge is -2.25. The Bertz CT molecular complexity index is 407. The van der Waals surface area contributed by atoms with Gasteiger partial charge in [0.15, 0.2) is 6.19 Å². The predicted molar refractivity (Wildman–Crippen MR) is 58.8 cm³/mol. The first kappa shape index (κ1) is 10.4. The van der Waals surface area contributed by atoms with Crippen molar-refractivity contribution < 1.29 is 0 Å². The summed E-state index contributed by atoms with van der Waals surface area (Å²) in [6.45, 7) is 2.04. The molecule has 1 aliphatic rings. The molecule has 2 heterocycles. The Hall–Kier alpha value is -2.13. The average Bonchev–Trinajstić information content (AvgIpc) is 2.33. The maximum absolute atomic E-state index is 8.42. The second-order valence-corrected chi connectivity index (χ2v) is 3.41. The summed E-state index contributed by atoms with van der Waals surface area (Å²) in [5, 5.41) is 13.9. The summed E-state index contributed by atoms with van der Waals surface area (Å²) in [6.07, 6.45) is 5.43. The largest absolute Gasteiger partial charge is 0.343 e. The first-order chi connectivity index (χ1) is 7.88. The molecule has 0 bridgehead atoms. The van der Waals surface area contributed by atoms with Crippen LogP contribution in [0.1, 0.15) is 5.56 Å². The average molecular weight is 216 g/mol. The number of aliphatic imine (C=N–C) groups is 1. The molecule has 6 heteroatoms. The van der Waals surface area contributed by atoms with E-state index in [1.807, 2.05) is 24.5 Å². The highest BCUT2D eigenvalue weighted by molar-refractivity contribution is 5.81. The number of nitrogens with one attached hydrogen (secondary N) is 2. The summed E-state index contributed by atoms with van der Waals surface area (Å²) in [5.41, 5.74) is 1.15. The molecule has 0 aliphatic carbocycles. The normalized spacial score (nSPS) is 15.8. The van der Waals surface area contributed by atoms with Gasteiger partial charge in [0.1, 0.15) is 0 Å². The fraction of sp³-hybridized carbons (Fsp3) is 0.300. The Balaban J connectivity index is 1.89. The SMILES string of the molecule is N#CNC1=NCN(Cc2cccnc2)CN1. The second kappa shape index (κ2) is 5.09. The Morgan fingerprint density at radius 3 is 3.19 bits per heavy atom. The highest BCUT2D eigenvalue weighted by Gasteiger charge is 2.11. The summed E-state index contributed by atoms with van der Waals surface area (Å²) >= 11 is 0. The highest BCUT2D eigenvalue weighted by Crippen LogP contribution is 2.03. The van der Waals surface area contributed by atoms with Crippen LogP contribution in [0.15, 0.2) is 29.5 Å².